The summed E-state index contributed by atoms with van der Waals surface area (Å²) in [6.07, 6.45) is 0. The molecule has 0 atom stereocenters. The van der Waals surface area contributed by atoms with Crippen LogP contribution in [0, 0.1) is 0 Å². The standard InChI is InChI=1S/C13H11BrO2/c14-12-4-1-9(2-5-12)10-3-6-13(16)11(7-10)8-15/h1-7,15-16H,8H2. The van der Waals surface area contributed by atoms with E-state index in [0.717, 1.165) is 15.6 Å². The van der Waals surface area contributed by atoms with Gasteiger partial charge in [-0.25, -0.2) is 0 Å². The Bertz CT molecular complexity index is 492. The largest absolute Gasteiger partial charge is 0.508 e. The molecule has 0 aliphatic carbocycles. The van der Waals surface area contributed by atoms with Gasteiger partial charge in [-0.2, -0.15) is 0 Å². The van der Waals surface area contributed by atoms with E-state index in [4.69, 9.17) is 5.11 Å². The number of aliphatic hydroxyl groups is 1. The fraction of sp³-hybridized carbons (Fsp3) is 0.0769. The van der Waals surface area contributed by atoms with E-state index in [-0.39, 0.29) is 12.4 Å². The monoisotopic (exact) mass is 278 g/mol. The minimum atomic E-state index is -0.157. The van der Waals surface area contributed by atoms with Crippen molar-refractivity contribution in [2.75, 3.05) is 0 Å². The predicted octanol–water partition coefficient (Wildman–Crippen LogP) is 3.31. The molecule has 0 fully saturated rings. The van der Waals surface area contributed by atoms with E-state index in [1.54, 1.807) is 12.1 Å². The summed E-state index contributed by atoms with van der Waals surface area (Å²) < 4.78 is 1.03. The Kier molecular flexibility index (Phi) is 3.27. The fourth-order valence-corrected chi connectivity index (χ4v) is 1.80. The molecule has 0 radical (unpaired) electrons. The Morgan fingerprint density at radius 2 is 1.56 bits per heavy atom. The van der Waals surface area contributed by atoms with E-state index in [1.807, 2.05) is 30.3 Å². The molecule has 0 aliphatic rings. The molecule has 0 aliphatic heterocycles. The highest BCUT2D eigenvalue weighted by molar-refractivity contribution is 9.10. The van der Waals surface area contributed by atoms with Gasteiger partial charge in [-0.3, -0.25) is 0 Å². The maximum atomic E-state index is 9.46. The molecule has 0 saturated heterocycles. The van der Waals surface area contributed by atoms with Crippen LogP contribution in [0.2, 0.25) is 0 Å². The molecule has 3 heteroatoms. The summed E-state index contributed by atoms with van der Waals surface area (Å²) in [5.41, 5.74) is 2.58. The molecule has 0 aromatic heterocycles. The second kappa shape index (κ2) is 4.68. The zero-order chi connectivity index (χ0) is 11.5. The maximum Gasteiger partial charge on any atom is 0.121 e. The lowest BCUT2D eigenvalue weighted by molar-refractivity contribution is 0.275. The minimum absolute atomic E-state index is 0.128. The third-order valence-electron chi connectivity index (χ3n) is 2.43. The van der Waals surface area contributed by atoms with Gasteiger partial charge in [-0.05, 0) is 35.4 Å². The van der Waals surface area contributed by atoms with Crippen molar-refractivity contribution in [2.45, 2.75) is 6.61 Å². The number of aromatic hydroxyl groups is 1. The van der Waals surface area contributed by atoms with Gasteiger partial charge in [0.2, 0.25) is 0 Å². The molecule has 0 heterocycles. The summed E-state index contributed by atoms with van der Waals surface area (Å²) >= 11 is 3.38. The van der Waals surface area contributed by atoms with E-state index in [2.05, 4.69) is 15.9 Å². The average molecular weight is 279 g/mol. The molecule has 0 amide bonds. The first-order chi connectivity index (χ1) is 7.70. The average Bonchev–Trinajstić information content (AvgIpc) is 2.31. The zero-order valence-corrected chi connectivity index (χ0v) is 10.1. The second-order valence-corrected chi connectivity index (χ2v) is 4.42. The van der Waals surface area contributed by atoms with Gasteiger partial charge in [-0.1, -0.05) is 34.1 Å². The highest BCUT2D eigenvalue weighted by atomic mass is 79.9. The van der Waals surface area contributed by atoms with Crippen LogP contribution in [0.4, 0.5) is 0 Å². The van der Waals surface area contributed by atoms with Crippen LogP contribution in [0.15, 0.2) is 46.9 Å². The maximum absolute atomic E-state index is 9.46. The zero-order valence-electron chi connectivity index (χ0n) is 8.52. The molecule has 0 saturated carbocycles. The lowest BCUT2D eigenvalue weighted by Gasteiger charge is -2.06. The molecule has 2 nitrogen and oxygen atoms in total. The van der Waals surface area contributed by atoms with E-state index in [1.165, 1.54) is 0 Å². The van der Waals surface area contributed by atoms with Crippen LogP contribution in [0.5, 0.6) is 5.75 Å². The van der Waals surface area contributed by atoms with Crippen LogP contribution in [-0.2, 0) is 6.61 Å². The normalized spacial score (nSPS) is 10.4. The molecule has 82 valence electrons. The lowest BCUT2D eigenvalue weighted by atomic mass is 10.0. The van der Waals surface area contributed by atoms with Crippen LogP contribution in [0.3, 0.4) is 0 Å². The first kappa shape index (κ1) is 11.2. The number of hydrogen-bond donors (Lipinski definition) is 2. The Hall–Kier alpha value is -1.32. The fourth-order valence-electron chi connectivity index (χ4n) is 1.53. The summed E-state index contributed by atoms with van der Waals surface area (Å²) in [6.45, 7) is -0.157. The van der Waals surface area contributed by atoms with Gasteiger partial charge in [0.25, 0.3) is 0 Å². The first-order valence-corrected chi connectivity index (χ1v) is 5.68. The van der Waals surface area contributed by atoms with Gasteiger partial charge in [0.1, 0.15) is 5.75 Å². The number of phenols is 1. The van der Waals surface area contributed by atoms with Crippen molar-refractivity contribution in [3.63, 3.8) is 0 Å². The molecule has 2 N–H and O–H groups in total. The molecule has 16 heavy (non-hydrogen) atoms. The second-order valence-electron chi connectivity index (χ2n) is 3.51. The molecular weight excluding hydrogens is 268 g/mol. The SMILES string of the molecule is OCc1cc(-c2ccc(Br)cc2)ccc1O. The summed E-state index contributed by atoms with van der Waals surface area (Å²) in [5.74, 6) is 0.128. The van der Waals surface area contributed by atoms with Crippen molar-refractivity contribution in [1.82, 2.24) is 0 Å². The Labute approximate surface area is 102 Å². The number of benzene rings is 2. The molecule has 0 spiro atoms. The molecule has 2 rings (SSSR count). The lowest BCUT2D eigenvalue weighted by Crippen LogP contribution is -1.86. The van der Waals surface area contributed by atoms with Gasteiger partial charge < -0.3 is 10.2 Å². The smallest absolute Gasteiger partial charge is 0.121 e. The molecule has 0 unspecified atom stereocenters. The van der Waals surface area contributed by atoms with Crippen LogP contribution in [0.25, 0.3) is 11.1 Å². The molecule has 0 bridgehead atoms. The van der Waals surface area contributed by atoms with Crippen molar-refractivity contribution in [3.8, 4) is 16.9 Å². The Balaban J connectivity index is 2.44. The summed E-state index contributed by atoms with van der Waals surface area (Å²) in [4.78, 5) is 0. The Morgan fingerprint density at radius 1 is 0.938 bits per heavy atom. The van der Waals surface area contributed by atoms with Crippen LogP contribution in [-0.4, -0.2) is 10.2 Å². The van der Waals surface area contributed by atoms with Crippen molar-refractivity contribution in [3.05, 3.63) is 52.5 Å². The van der Waals surface area contributed by atoms with E-state index in [0.29, 0.717) is 5.56 Å². The third-order valence-corrected chi connectivity index (χ3v) is 2.96. The molecule has 2 aromatic carbocycles. The third kappa shape index (κ3) is 2.26. The van der Waals surface area contributed by atoms with Crippen molar-refractivity contribution in [2.24, 2.45) is 0 Å². The Morgan fingerprint density at radius 3 is 2.19 bits per heavy atom. The number of halogens is 1. The summed E-state index contributed by atoms with van der Waals surface area (Å²) in [7, 11) is 0. The molecule has 2 aromatic rings. The van der Waals surface area contributed by atoms with Gasteiger partial charge in [0.05, 0.1) is 6.61 Å². The van der Waals surface area contributed by atoms with Crippen LogP contribution < -0.4 is 0 Å². The predicted molar refractivity (Wildman–Crippen MR) is 67.2 cm³/mol. The van der Waals surface area contributed by atoms with E-state index < -0.39 is 0 Å². The highest BCUT2D eigenvalue weighted by Gasteiger charge is 2.03. The van der Waals surface area contributed by atoms with Crippen molar-refractivity contribution in [1.29, 1.82) is 0 Å². The van der Waals surface area contributed by atoms with Crippen molar-refractivity contribution >= 4 is 15.9 Å². The van der Waals surface area contributed by atoms with Crippen LogP contribution >= 0.6 is 15.9 Å². The first-order valence-electron chi connectivity index (χ1n) is 4.89. The van der Waals surface area contributed by atoms with Gasteiger partial charge in [0.15, 0.2) is 0 Å². The highest BCUT2D eigenvalue weighted by Crippen LogP contribution is 2.26. The molecular formula is C13H11BrO2. The van der Waals surface area contributed by atoms with Gasteiger partial charge in [-0.15, -0.1) is 0 Å². The summed E-state index contributed by atoms with van der Waals surface area (Å²) in [6, 6.07) is 13.1. The van der Waals surface area contributed by atoms with Gasteiger partial charge >= 0.3 is 0 Å². The summed E-state index contributed by atoms with van der Waals surface area (Å²) in [5, 5.41) is 18.5. The number of hydrogen-bond acceptors (Lipinski definition) is 2. The number of rotatable bonds is 2. The van der Waals surface area contributed by atoms with Gasteiger partial charge in [0, 0.05) is 10.0 Å². The quantitative estimate of drug-likeness (QED) is 0.885. The number of aliphatic hydroxyl groups excluding tert-OH is 1. The minimum Gasteiger partial charge on any atom is -0.508 e. The van der Waals surface area contributed by atoms with E-state index >= 15 is 0 Å². The van der Waals surface area contributed by atoms with Crippen LogP contribution in [0.1, 0.15) is 5.56 Å². The van der Waals surface area contributed by atoms with E-state index in [9.17, 15) is 5.11 Å². The topological polar surface area (TPSA) is 40.5 Å². The van der Waals surface area contributed by atoms with Crippen molar-refractivity contribution < 1.29 is 10.2 Å².